The highest BCUT2D eigenvalue weighted by Crippen LogP contribution is 2.22. The Morgan fingerprint density at radius 3 is 2.58 bits per heavy atom. The van der Waals surface area contributed by atoms with Crippen molar-refractivity contribution in [2.24, 2.45) is 0 Å². The first-order valence-electron chi connectivity index (χ1n) is 5.55. The quantitative estimate of drug-likeness (QED) is 0.686. The van der Waals surface area contributed by atoms with Crippen LogP contribution < -0.4 is 11.2 Å². The van der Waals surface area contributed by atoms with Crippen molar-refractivity contribution in [2.75, 3.05) is 6.26 Å². The molecular formula is C12H10N4O2S. The van der Waals surface area contributed by atoms with Crippen molar-refractivity contribution in [3.05, 3.63) is 51.2 Å². The Morgan fingerprint density at radius 1 is 1.16 bits per heavy atom. The summed E-state index contributed by atoms with van der Waals surface area (Å²) in [6.07, 6.45) is 1.87. The summed E-state index contributed by atoms with van der Waals surface area (Å²) in [7, 11) is 0. The van der Waals surface area contributed by atoms with Gasteiger partial charge in [-0.1, -0.05) is 30.0 Å². The van der Waals surface area contributed by atoms with Crippen LogP contribution >= 0.6 is 11.8 Å². The molecule has 0 bridgehead atoms. The van der Waals surface area contributed by atoms with Gasteiger partial charge in [0.2, 0.25) is 0 Å². The fourth-order valence-corrected chi connectivity index (χ4v) is 2.49. The minimum absolute atomic E-state index is 0.229. The highest BCUT2D eigenvalue weighted by molar-refractivity contribution is 7.98. The van der Waals surface area contributed by atoms with E-state index in [4.69, 9.17) is 0 Å². The minimum atomic E-state index is -0.540. The van der Waals surface area contributed by atoms with Gasteiger partial charge in [-0.2, -0.15) is 0 Å². The second-order valence-electron chi connectivity index (χ2n) is 3.87. The number of imidazole rings is 1. The van der Waals surface area contributed by atoms with E-state index in [1.54, 1.807) is 4.57 Å². The molecule has 0 spiro atoms. The van der Waals surface area contributed by atoms with E-state index in [9.17, 15) is 9.59 Å². The van der Waals surface area contributed by atoms with E-state index in [1.807, 2.05) is 36.6 Å². The van der Waals surface area contributed by atoms with Crippen LogP contribution in [0.4, 0.5) is 0 Å². The number of H-pyrrole nitrogens is 2. The molecule has 3 aromatic rings. The largest absolute Gasteiger partial charge is 0.327 e. The van der Waals surface area contributed by atoms with Crippen LogP contribution in [0.1, 0.15) is 0 Å². The predicted molar refractivity (Wildman–Crippen MR) is 74.1 cm³/mol. The molecule has 96 valence electrons. The smallest absolute Gasteiger partial charge is 0.291 e. The molecule has 0 saturated heterocycles. The molecular weight excluding hydrogens is 264 g/mol. The molecule has 0 saturated carbocycles. The lowest BCUT2D eigenvalue weighted by Crippen LogP contribution is -2.22. The van der Waals surface area contributed by atoms with E-state index >= 15 is 0 Å². The minimum Gasteiger partial charge on any atom is -0.291 e. The van der Waals surface area contributed by atoms with Crippen molar-refractivity contribution in [2.45, 2.75) is 5.16 Å². The van der Waals surface area contributed by atoms with Crippen LogP contribution in [-0.2, 0) is 0 Å². The molecule has 1 aromatic carbocycles. The van der Waals surface area contributed by atoms with Crippen LogP contribution in [0, 0.1) is 0 Å². The van der Waals surface area contributed by atoms with Gasteiger partial charge in [-0.05, 0) is 18.4 Å². The average Bonchev–Trinajstić information content (AvgIpc) is 2.78. The molecule has 0 aliphatic rings. The topological polar surface area (TPSA) is 83.5 Å². The lowest BCUT2D eigenvalue weighted by Gasteiger charge is -2.06. The van der Waals surface area contributed by atoms with Crippen molar-refractivity contribution in [1.82, 2.24) is 19.5 Å². The molecule has 0 aliphatic heterocycles. The molecule has 0 amide bonds. The van der Waals surface area contributed by atoms with Gasteiger partial charge in [0.1, 0.15) is 0 Å². The molecule has 0 unspecified atom stereocenters. The number of hydrogen-bond donors (Lipinski definition) is 2. The van der Waals surface area contributed by atoms with Crippen LogP contribution in [0.2, 0.25) is 0 Å². The van der Waals surface area contributed by atoms with Crippen molar-refractivity contribution < 1.29 is 0 Å². The third-order valence-corrected chi connectivity index (χ3v) is 3.36. The van der Waals surface area contributed by atoms with Crippen molar-refractivity contribution >= 4 is 22.9 Å². The number of para-hydroxylation sites is 1. The lowest BCUT2D eigenvalue weighted by molar-refractivity contribution is 0.907. The van der Waals surface area contributed by atoms with Gasteiger partial charge in [-0.25, -0.2) is 9.78 Å². The molecule has 0 atom stereocenters. The summed E-state index contributed by atoms with van der Waals surface area (Å²) < 4.78 is 1.76. The average molecular weight is 274 g/mol. The molecule has 6 nitrogen and oxygen atoms in total. The Hall–Kier alpha value is -2.28. The van der Waals surface area contributed by atoms with E-state index in [0.717, 1.165) is 5.69 Å². The zero-order chi connectivity index (χ0) is 13.4. The Kier molecular flexibility index (Phi) is 2.75. The normalized spacial score (nSPS) is 11.0. The van der Waals surface area contributed by atoms with Crippen LogP contribution in [-0.4, -0.2) is 25.8 Å². The van der Waals surface area contributed by atoms with Gasteiger partial charge in [0.25, 0.3) is 5.56 Å². The Labute approximate surface area is 111 Å². The number of thioether (sulfide) groups is 1. The maximum Gasteiger partial charge on any atom is 0.327 e. The fraction of sp³-hybridized carbons (Fsp3) is 0.0833. The zero-order valence-electron chi connectivity index (χ0n) is 10.0. The molecule has 2 heterocycles. The van der Waals surface area contributed by atoms with Crippen LogP contribution in [0.25, 0.3) is 16.9 Å². The first kappa shape index (κ1) is 11.8. The van der Waals surface area contributed by atoms with Crippen LogP contribution in [0.15, 0.2) is 45.1 Å². The van der Waals surface area contributed by atoms with Crippen LogP contribution in [0.3, 0.4) is 0 Å². The summed E-state index contributed by atoms with van der Waals surface area (Å²) in [6, 6.07) is 9.45. The summed E-state index contributed by atoms with van der Waals surface area (Å²) in [5.74, 6) is 0. The summed E-state index contributed by atoms with van der Waals surface area (Å²) in [5, 5.41) is 0.647. The van der Waals surface area contributed by atoms with Crippen LogP contribution in [0.5, 0.6) is 0 Å². The highest BCUT2D eigenvalue weighted by atomic mass is 32.2. The van der Waals surface area contributed by atoms with E-state index in [2.05, 4.69) is 15.0 Å². The summed E-state index contributed by atoms with van der Waals surface area (Å²) in [4.78, 5) is 32.2. The summed E-state index contributed by atoms with van der Waals surface area (Å²) >= 11 is 1.41. The molecule has 19 heavy (non-hydrogen) atoms. The summed E-state index contributed by atoms with van der Waals surface area (Å²) in [5.41, 5.74) is 0.457. The fourth-order valence-electron chi connectivity index (χ4n) is 1.93. The van der Waals surface area contributed by atoms with Gasteiger partial charge in [-0.3, -0.25) is 19.3 Å². The second-order valence-corrected chi connectivity index (χ2v) is 4.65. The number of aromatic nitrogens is 4. The lowest BCUT2D eigenvalue weighted by atomic mass is 10.3. The van der Waals surface area contributed by atoms with Crippen molar-refractivity contribution in [3.63, 3.8) is 0 Å². The third kappa shape index (κ3) is 1.88. The SMILES string of the molecule is CSc1nc2c(=O)[nH]c(=O)[nH]c2n1-c1ccccc1. The van der Waals surface area contributed by atoms with E-state index in [1.165, 1.54) is 11.8 Å². The molecule has 0 radical (unpaired) electrons. The monoisotopic (exact) mass is 274 g/mol. The molecule has 0 fully saturated rings. The van der Waals surface area contributed by atoms with Gasteiger partial charge in [0.15, 0.2) is 16.3 Å². The summed E-state index contributed by atoms with van der Waals surface area (Å²) in [6.45, 7) is 0. The zero-order valence-corrected chi connectivity index (χ0v) is 10.8. The van der Waals surface area contributed by atoms with E-state index in [0.29, 0.717) is 10.8 Å². The number of benzene rings is 1. The molecule has 2 N–H and O–H groups in total. The highest BCUT2D eigenvalue weighted by Gasteiger charge is 2.15. The number of rotatable bonds is 2. The number of hydrogen-bond acceptors (Lipinski definition) is 4. The molecule has 2 aromatic heterocycles. The Bertz CT molecular complexity index is 848. The first-order valence-corrected chi connectivity index (χ1v) is 6.77. The van der Waals surface area contributed by atoms with Crippen molar-refractivity contribution in [1.29, 1.82) is 0 Å². The number of nitrogens with one attached hydrogen (secondary N) is 2. The molecule has 7 heteroatoms. The van der Waals surface area contributed by atoms with Gasteiger partial charge in [-0.15, -0.1) is 0 Å². The Balaban J connectivity index is 2.46. The number of aromatic amines is 2. The molecule has 0 aliphatic carbocycles. The maximum atomic E-state index is 11.8. The number of nitrogens with zero attached hydrogens (tertiary/aromatic N) is 2. The van der Waals surface area contributed by atoms with E-state index < -0.39 is 11.2 Å². The van der Waals surface area contributed by atoms with E-state index in [-0.39, 0.29) is 5.52 Å². The standard InChI is InChI=1S/C12H10N4O2S/c1-19-12-13-8-9(14-11(18)15-10(8)17)16(12)7-5-3-2-4-6-7/h2-6H,1H3,(H2,14,15,17,18). The Morgan fingerprint density at radius 2 is 1.89 bits per heavy atom. The van der Waals surface area contributed by atoms with Crippen molar-refractivity contribution in [3.8, 4) is 5.69 Å². The van der Waals surface area contributed by atoms with Gasteiger partial charge in [0, 0.05) is 5.69 Å². The van der Waals surface area contributed by atoms with Gasteiger partial charge < -0.3 is 0 Å². The third-order valence-electron chi connectivity index (χ3n) is 2.72. The first-order chi connectivity index (χ1) is 9.20. The number of fused-ring (bicyclic) bond motifs is 1. The second kappa shape index (κ2) is 4.43. The molecule has 3 rings (SSSR count). The van der Waals surface area contributed by atoms with Gasteiger partial charge >= 0.3 is 5.69 Å². The maximum absolute atomic E-state index is 11.8. The van der Waals surface area contributed by atoms with Gasteiger partial charge in [0.05, 0.1) is 0 Å². The predicted octanol–water partition coefficient (Wildman–Crippen LogP) is 1.12.